The van der Waals surface area contributed by atoms with Gasteiger partial charge in [0.1, 0.15) is 0 Å². The molecular formula is C18H21NO3S. The van der Waals surface area contributed by atoms with E-state index in [0.717, 1.165) is 17.5 Å². The predicted octanol–water partition coefficient (Wildman–Crippen LogP) is 3.31. The van der Waals surface area contributed by atoms with Crippen LogP contribution in [0.1, 0.15) is 35.3 Å². The smallest absolute Gasteiger partial charge is 0.264 e. The SMILES string of the molecule is Cc1ccc(S(=O)(=O)NC(=O)c2ccc(CC(C)C)cc2)cc1. The van der Waals surface area contributed by atoms with Crippen LogP contribution in [0.3, 0.4) is 0 Å². The molecule has 0 aliphatic rings. The minimum Gasteiger partial charge on any atom is -0.268 e. The number of aryl methyl sites for hydroxylation is 1. The first-order valence-electron chi connectivity index (χ1n) is 7.50. The molecule has 0 aliphatic carbocycles. The van der Waals surface area contributed by atoms with E-state index in [1.807, 2.05) is 19.1 Å². The predicted molar refractivity (Wildman–Crippen MR) is 90.8 cm³/mol. The molecule has 0 heterocycles. The summed E-state index contributed by atoms with van der Waals surface area (Å²) in [5.74, 6) is -0.0988. The summed E-state index contributed by atoms with van der Waals surface area (Å²) in [7, 11) is -3.85. The highest BCUT2D eigenvalue weighted by Gasteiger charge is 2.18. The number of carbonyl (C=O) groups is 1. The monoisotopic (exact) mass is 331 g/mol. The van der Waals surface area contributed by atoms with E-state index in [1.165, 1.54) is 12.1 Å². The molecule has 1 amide bonds. The van der Waals surface area contributed by atoms with Crippen LogP contribution in [0.5, 0.6) is 0 Å². The van der Waals surface area contributed by atoms with Crippen molar-refractivity contribution in [3.05, 3.63) is 65.2 Å². The van der Waals surface area contributed by atoms with Gasteiger partial charge in [0.2, 0.25) is 0 Å². The van der Waals surface area contributed by atoms with Gasteiger partial charge in [0.25, 0.3) is 15.9 Å². The summed E-state index contributed by atoms with van der Waals surface area (Å²) in [6, 6.07) is 13.4. The van der Waals surface area contributed by atoms with Gasteiger partial charge in [-0.2, -0.15) is 0 Å². The molecule has 0 aromatic heterocycles. The number of nitrogens with one attached hydrogen (secondary N) is 1. The molecular weight excluding hydrogens is 310 g/mol. The molecule has 5 heteroatoms. The van der Waals surface area contributed by atoms with Gasteiger partial charge in [-0.1, -0.05) is 43.7 Å². The van der Waals surface area contributed by atoms with Crippen LogP contribution in [-0.2, 0) is 16.4 Å². The minimum atomic E-state index is -3.85. The molecule has 2 aromatic carbocycles. The quantitative estimate of drug-likeness (QED) is 0.914. The Morgan fingerprint density at radius 3 is 2.09 bits per heavy atom. The fourth-order valence-electron chi connectivity index (χ4n) is 2.22. The summed E-state index contributed by atoms with van der Waals surface area (Å²) in [4.78, 5) is 12.2. The molecule has 4 nitrogen and oxygen atoms in total. The first-order chi connectivity index (χ1) is 10.8. The van der Waals surface area contributed by atoms with Gasteiger partial charge in [-0.25, -0.2) is 13.1 Å². The van der Waals surface area contributed by atoms with Crippen molar-refractivity contribution < 1.29 is 13.2 Å². The van der Waals surface area contributed by atoms with Gasteiger partial charge in [-0.3, -0.25) is 4.79 Å². The van der Waals surface area contributed by atoms with E-state index in [4.69, 9.17) is 0 Å². The van der Waals surface area contributed by atoms with Gasteiger partial charge >= 0.3 is 0 Å². The van der Waals surface area contributed by atoms with Crippen LogP contribution in [0.15, 0.2) is 53.4 Å². The molecule has 0 spiro atoms. The summed E-state index contributed by atoms with van der Waals surface area (Å²) in [6.07, 6.45) is 0.920. The van der Waals surface area contributed by atoms with Crippen molar-refractivity contribution in [3.63, 3.8) is 0 Å². The van der Waals surface area contributed by atoms with Crippen molar-refractivity contribution in [2.75, 3.05) is 0 Å². The van der Waals surface area contributed by atoms with Crippen molar-refractivity contribution in [3.8, 4) is 0 Å². The first-order valence-corrected chi connectivity index (χ1v) is 8.99. The number of benzene rings is 2. The first kappa shape index (κ1) is 17.2. The lowest BCUT2D eigenvalue weighted by Gasteiger charge is -2.09. The van der Waals surface area contributed by atoms with E-state index in [1.54, 1.807) is 24.3 Å². The molecule has 23 heavy (non-hydrogen) atoms. The molecule has 0 bridgehead atoms. The maximum absolute atomic E-state index is 12.2. The van der Waals surface area contributed by atoms with E-state index >= 15 is 0 Å². The molecule has 0 radical (unpaired) electrons. The molecule has 122 valence electrons. The average Bonchev–Trinajstić information content (AvgIpc) is 2.47. The van der Waals surface area contributed by atoms with Crippen LogP contribution < -0.4 is 4.72 Å². The lowest BCUT2D eigenvalue weighted by atomic mass is 10.0. The Kier molecular flexibility index (Phi) is 5.21. The molecule has 0 saturated heterocycles. The Hall–Kier alpha value is -2.14. The molecule has 0 fully saturated rings. The van der Waals surface area contributed by atoms with Gasteiger partial charge in [-0.05, 0) is 49.1 Å². The van der Waals surface area contributed by atoms with Gasteiger partial charge in [0.05, 0.1) is 4.90 Å². The minimum absolute atomic E-state index is 0.0767. The molecule has 0 aliphatic heterocycles. The Morgan fingerprint density at radius 1 is 1.00 bits per heavy atom. The molecule has 1 N–H and O–H groups in total. The lowest BCUT2D eigenvalue weighted by Crippen LogP contribution is -2.30. The van der Waals surface area contributed by atoms with Crippen molar-refractivity contribution in [2.45, 2.75) is 32.1 Å². The van der Waals surface area contributed by atoms with E-state index in [9.17, 15) is 13.2 Å². The van der Waals surface area contributed by atoms with Gasteiger partial charge in [0.15, 0.2) is 0 Å². The highest BCUT2D eigenvalue weighted by Crippen LogP contribution is 2.13. The molecule has 0 atom stereocenters. The highest BCUT2D eigenvalue weighted by atomic mass is 32.2. The average molecular weight is 331 g/mol. The Morgan fingerprint density at radius 2 is 1.57 bits per heavy atom. The number of carbonyl (C=O) groups excluding carboxylic acids is 1. The molecule has 0 saturated carbocycles. The second-order valence-electron chi connectivity index (χ2n) is 6.04. The van der Waals surface area contributed by atoms with Crippen LogP contribution >= 0.6 is 0 Å². The summed E-state index contributed by atoms with van der Waals surface area (Å²) in [6.45, 7) is 6.11. The maximum Gasteiger partial charge on any atom is 0.264 e. The number of rotatable bonds is 5. The van der Waals surface area contributed by atoms with Gasteiger partial charge < -0.3 is 0 Å². The van der Waals surface area contributed by atoms with Crippen LogP contribution in [0.25, 0.3) is 0 Å². The third kappa shape index (κ3) is 4.66. The zero-order valence-electron chi connectivity index (χ0n) is 13.5. The van der Waals surface area contributed by atoms with Crippen LogP contribution in [0, 0.1) is 12.8 Å². The normalized spacial score (nSPS) is 11.5. The Labute approximate surface area is 137 Å². The largest absolute Gasteiger partial charge is 0.268 e. The number of hydrogen-bond donors (Lipinski definition) is 1. The van der Waals surface area contributed by atoms with Gasteiger partial charge in [-0.15, -0.1) is 0 Å². The summed E-state index contributed by atoms with van der Waals surface area (Å²) in [5, 5.41) is 0. The highest BCUT2D eigenvalue weighted by molar-refractivity contribution is 7.90. The maximum atomic E-state index is 12.2. The van der Waals surface area contributed by atoms with Crippen molar-refractivity contribution in [1.29, 1.82) is 0 Å². The Balaban J connectivity index is 2.13. The van der Waals surface area contributed by atoms with Crippen LogP contribution in [0.4, 0.5) is 0 Å². The molecule has 2 rings (SSSR count). The topological polar surface area (TPSA) is 63.2 Å². The fraction of sp³-hybridized carbons (Fsp3) is 0.278. The third-order valence-corrected chi connectivity index (χ3v) is 4.77. The van der Waals surface area contributed by atoms with E-state index in [0.29, 0.717) is 11.5 Å². The number of sulfonamides is 1. The third-order valence-electron chi connectivity index (χ3n) is 3.42. The summed E-state index contributed by atoms with van der Waals surface area (Å²) in [5.41, 5.74) is 2.40. The van der Waals surface area contributed by atoms with E-state index in [-0.39, 0.29) is 4.90 Å². The Bertz CT molecular complexity index is 776. The second-order valence-corrected chi connectivity index (χ2v) is 7.72. The fourth-order valence-corrected chi connectivity index (χ4v) is 3.20. The summed E-state index contributed by atoms with van der Waals surface area (Å²) < 4.78 is 26.5. The number of amides is 1. The van der Waals surface area contributed by atoms with Crippen LogP contribution in [0.2, 0.25) is 0 Å². The molecule has 0 unspecified atom stereocenters. The van der Waals surface area contributed by atoms with E-state index in [2.05, 4.69) is 18.6 Å². The standard InChI is InChI=1S/C18H21NO3S/c1-13(2)12-15-6-8-16(9-7-15)18(20)19-23(21,22)17-10-4-14(3)5-11-17/h4-11,13H,12H2,1-3H3,(H,19,20). The zero-order valence-corrected chi connectivity index (χ0v) is 14.4. The lowest BCUT2D eigenvalue weighted by molar-refractivity contribution is 0.0981. The van der Waals surface area contributed by atoms with E-state index < -0.39 is 15.9 Å². The van der Waals surface area contributed by atoms with Crippen LogP contribution in [-0.4, -0.2) is 14.3 Å². The van der Waals surface area contributed by atoms with Crippen molar-refractivity contribution in [1.82, 2.24) is 4.72 Å². The second kappa shape index (κ2) is 6.96. The molecule has 2 aromatic rings. The van der Waals surface area contributed by atoms with Crippen molar-refractivity contribution in [2.24, 2.45) is 5.92 Å². The summed E-state index contributed by atoms with van der Waals surface area (Å²) >= 11 is 0. The van der Waals surface area contributed by atoms with Crippen molar-refractivity contribution >= 4 is 15.9 Å². The van der Waals surface area contributed by atoms with Gasteiger partial charge in [0, 0.05) is 5.56 Å². The zero-order chi connectivity index (χ0) is 17.0. The number of hydrogen-bond acceptors (Lipinski definition) is 3.